The van der Waals surface area contributed by atoms with Gasteiger partial charge in [0, 0.05) is 12.6 Å². The number of piperidine rings is 1. The molecule has 92 valence electrons. The molecule has 1 heterocycles. The predicted octanol–water partition coefficient (Wildman–Crippen LogP) is 2.36. The Morgan fingerprint density at radius 3 is 2.69 bits per heavy atom. The van der Waals surface area contributed by atoms with Crippen LogP contribution in [0, 0.1) is 11.3 Å². The van der Waals surface area contributed by atoms with Crippen LogP contribution in [0.2, 0.25) is 0 Å². The Morgan fingerprint density at radius 1 is 1.50 bits per heavy atom. The topological polar surface area (TPSA) is 40.5 Å². The predicted molar refractivity (Wildman–Crippen MR) is 63.4 cm³/mol. The minimum Gasteiger partial charge on any atom is -0.481 e. The first kappa shape index (κ1) is 11.9. The second kappa shape index (κ2) is 4.36. The molecule has 3 heteroatoms. The molecule has 2 aliphatic rings. The second-order valence-electron chi connectivity index (χ2n) is 5.74. The molecule has 2 rings (SSSR count). The first-order valence-electron chi connectivity index (χ1n) is 6.55. The van der Waals surface area contributed by atoms with E-state index in [9.17, 15) is 9.90 Å². The Bertz CT molecular complexity index is 273. The summed E-state index contributed by atoms with van der Waals surface area (Å²) in [5.41, 5.74) is -0.461. The zero-order valence-corrected chi connectivity index (χ0v) is 10.4. The van der Waals surface area contributed by atoms with Gasteiger partial charge in [0.15, 0.2) is 0 Å². The van der Waals surface area contributed by atoms with Crippen LogP contribution in [0.3, 0.4) is 0 Å². The van der Waals surface area contributed by atoms with Gasteiger partial charge < -0.3 is 5.11 Å². The summed E-state index contributed by atoms with van der Waals surface area (Å²) in [6, 6.07) is 0.667. The van der Waals surface area contributed by atoms with E-state index in [4.69, 9.17) is 0 Å². The third-order valence-electron chi connectivity index (χ3n) is 4.60. The van der Waals surface area contributed by atoms with E-state index < -0.39 is 11.4 Å². The lowest BCUT2D eigenvalue weighted by Crippen LogP contribution is -2.54. The highest BCUT2D eigenvalue weighted by Gasteiger charge is 2.44. The Morgan fingerprint density at radius 2 is 2.19 bits per heavy atom. The molecule has 3 nitrogen and oxygen atoms in total. The number of aliphatic carboxylic acids is 1. The summed E-state index contributed by atoms with van der Waals surface area (Å²) in [4.78, 5) is 13.9. The zero-order valence-electron chi connectivity index (χ0n) is 10.4. The molecule has 1 N–H and O–H groups in total. The molecular formula is C13H23NO2. The van der Waals surface area contributed by atoms with Crippen LogP contribution in [-0.2, 0) is 4.79 Å². The summed E-state index contributed by atoms with van der Waals surface area (Å²) in [6.07, 6.45) is 5.20. The number of carboxylic acids is 1. The van der Waals surface area contributed by atoms with Crippen molar-refractivity contribution in [3.63, 3.8) is 0 Å². The molecule has 16 heavy (non-hydrogen) atoms. The summed E-state index contributed by atoms with van der Waals surface area (Å²) in [5, 5.41) is 9.40. The first-order chi connectivity index (χ1) is 7.57. The van der Waals surface area contributed by atoms with Crippen molar-refractivity contribution in [1.29, 1.82) is 0 Å². The summed E-state index contributed by atoms with van der Waals surface area (Å²) >= 11 is 0. The van der Waals surface area contributed by atoms with Crippen LogP contribution >= 0.6 is 0 Å². The molecule has 1 saturated heterocycles. The van der Waals surface area contributed by atoms with Gasteiger partial charge in [0.2, 0.25) is 0 Å². The molecule has 0 aromatic carbocycles. The molecule has 1 aliphatic carbocycles. The van der Waals surface area contributed by atoms with Crippen molar-refractivity contribution in [3.05, 3.63) is 0 Å². The third kappa shape index (κ3) is 1.97. The molecule has 1 unspecified atom stereocenters. The molecule has 2 fully saturated rings. The van der Waals surface area contributed by atoms with Crippen molar-refractivity contribution in [2.75, 3.05) is 13.1 Å². The van der Waals surface area contributed by atoms with Crippen molar-refractivity contribution in [1.82, 2.24) is 4.90 Å². The summed E-state index contributed by atoms with van der Waals surface area (Å²) in [5.74, 6) is 0.250. The van der Waals surface area contributed by atoms with Crippen LogP contribution in [-0.4, -0.2) is 35.1 Å². The Kier molecular flexibility index (Phi) is 3.24. The number of nitrogens with zero attached hydrogens (tertiary/aromatic N) is 1. The Balaban J connectivity index is 2.00. The molecule has 0 amide bonds. The van der Waals surface area contributed by atoms with Crippen LogP contribution in [0.15, 0.2) is 0 Å². The van der Waals surface area contributed by atoms with Gasteiger partial charge in [-0.3, -0.25) is 9.69 Å². The zero-order chi connectivity index (χ0) is 11.8. The van der Waals surface area contributed by atoms with E-state index in [1.165, 1.54) is 12.8 Å². The van der Waals surface area contributed by atoms with Gasteiger partial charge in [-0.2, -0.15) is 0 Å². The highest BCUT2D eigenvalue weighted by atomic mass is 16.4. The number of carboxylic acid groups (broad SMARTS) is 1. The highest BCUT2D eigenvalue weighted by Crippen LogP contribution is 2.39. The lowest BCUT2D eigenvalue weighted by molar-refractivity contribution is -0.154. The van der Waals surface area contributed by atoms with Crippen LogP contribution in [0.5, 0.6) is 0 Å². The molecule has 0 spiro atoms. The normalized spacial score (nSPS) is 40.4. The summed E-state index contributed by atoms with van der Waals surface area (Å²) < 4.78 is 0. The van der Waals surface area contributed by atoms with E-state index in [1.807, 2.05) is 6.92 Å². The van der Waals surface area contributed by atoms with Crippen molar-refractivity contribution >= 4 is 5.97 Å². The van der Waals surface area contributed by atoms with Crippen LogP contribution in [0.4, 0.5) is 0 Å². The molecular weight excluding hydrogens is 202 g/mol. The van der Waals surface area contributed by atoms with Crippen LogP contribution in [0.1, 0.15) is 46.0 Å². The molecule has 0 aromatic rings. The van der Waals surface area contributed by atoms with E-state index in [0.29, 0.717) is 6.04 Å². The van der Waals surface area contributed by atoms with E-state index in [2.05, 4.69) is 11.8 Å². The molecule has 0 bridgehead atoms. The Hall–Kier alpha value is -0.570. The lowest BCUT2D eigenvalue weighted by Gasteiger charge is -2.48. The van der Waals surface area contributed by atoms with Crippen LogP contribution in [0.25, 0.3) is 0 Å². The number of rotatable bonds is 3. The van der Waals surface area contributed by atoms with Gasteiger partial charge in [0.05, 0.1) is 5.41 Å². The maximum absolute atomic E-state index is 11.4. The van der Waals surface area contributed by atoms with Gasteiger partial charge in [-0.1, -0.05) is 13.8 Å². The van der Waals surface area contributed by atoms with Gasteiger partial charge in [-0.25, -0.2) is 0 Å². The summed E-state index contributed by atoms with van der Waals surface area (Å²) in [7, 11) is 0. The maximum atomic E-state index is 11.4. The molecule has 0 radical (unpaired) electrons. The fraction of sp³-hybridized carbons (Fsp3) is 0.923. The minimum atomic E-state index is -0.591. The van der Waals surface area contributed by atoms with E-state index in [0.717, 1.165) is 38.3 Å². The lowest BCUT2D eigenvalue weighted by atomic mass is 9.74. The fourth-order valence-electron chi connectivity index (χ4n) is 3.25. The SMILES string of the molecule is CCC1(C(=O)O)CCCN(C2CC(C)C2)C1. The quantitative estimate of drug-likeness (QED) is 0.801. The van der Waals surface area contributed by atoms with Crippen LogP contribution < -0.4 is 0 Å². The Labute approximate surface area is 97.8 Å². The van der Waals surface area contributed by atoms with Crippen molar-refractivity contribution < 1.29 is 9.90 Å². The molecule has 1 atom stereocenters. The average Bonchev–Trinajstić information content (AvgIpc) is 2.24. The first-order valence-corrected chi connectivity index (χ1v) is 6.55. The number of hydrogen-bond acceptors (Lipinski definition) is 2. The fourth-order valence-corrected chi connectivity index (χ4v) is 3.25. The largest absolute Gasteiger partial charge is 0.481 e. The third-order valence-corrected chi connectivity index (χ3v) is 4.60. The van der Waals surface area contributed by atoms with Crippen molar-refractivity contribution in [3.8, 4) is 0 Å². The van der Waals surface area contributed by atoms with E-state index >= 15 is 0 Å². The number of carbonyl (C=O) groups is 1. The van der Waals surface area contributed by atoms with E-state index in [-0.39, 0.29) is 0 Å². The van der Waals surface area contributed by atoms with Gasteiger partial charge in [0.1, 0.15) is 0 Å². The van der Waals surface area contributed by atoms with Gasteiger partial charge in [-0.15, -0.1) is 0 Å². The number of hydrogen-bond donors (Lipinski definition) is 1. The second-order valence-corrected chi connectivity index (χ2v) is 5.74. The van der Waals surface area contributed by atoms with Crippen molar-refractivity contribution in [2.24, 2.45) is 11.3 Å². The smallest absolute Gasteiger partial charge is 0.310 e. The highest BCUT2D eigenvalue weighted by molar-refractivity contribution is 5.75. The maximum Gasteiger partial charge on any atom is 0.310 e. The number of likely N-dealkylation sites (tertiary alicyclic amines) is 1. The molecule has 1 aliphatic heterocycles. The molecule has 0 aromatic heterocycles. The summed E-state index contributed by atoms with van der Waals surface area (Å²) in [6.45, 7) is 6.17. The van der Waals surface area contributed by atoms with Gasteiger partial charge >= 0.3 is 5.97 Å². The molecule has 1 saturated carbocycles. The van der Waals surface area contributed by atoms with Gasteiger partial charge in [0.25, 0.3) is 0 Å². The minimum absolute atomic E-state index is 0.461. The standard InChI is InChI=1S/C13H23NO2/c1-3-13(12(15)16)5-4-6-14(9-13)11-7-10(2)8-11/h10-11H,3-9H2,1-2H3,(H,15,16). The van der Waals surface area contributed by atoms with Crippen molar-refractivity contribution in [2.45, 2.75) is 52.0 Å². The average molecular weight is 225 g/mol. The van der Waals surface area contributed by atoms with Gasteiger partial charge in [-0.05, 0) is 44.6 Å². The monoisotopic (exact) mass is 225 g/mol. The van der Waals surface area contributed by atoms with E-state index in [1.54, 1.807) is 0 Å².